The Bertz CT molecular complexity index is 504. The Labute approximate surface area is 160 Å². The molecule has 2 aliphatic carbocycles. The largest absolute Gasteiger partial charge is 0.490 e. The number of rotatable bonds is 5. The van der Waals surface area contributed by atoms with E-state index in [0.717, 1.165) is 17.6 Å². The van der Waals surface area contributed by atoms with Crippen LogP contribution in [0.2, 0.25) is 0 Å². The predicted octanol–water partition coefficient (Wildman–Crippen LogP) is 6.58. The van der Waals surface area contributed by atoms with Crippen LogP contribution in [-0.2, 0) is 0 Å². The maximum Gasteiger partial charge on any atom is 0.119 e. The average Bonchev–Trinajstić information content (AvgIpc) is 2.74. The summed E-state index contributed by atoms with van der Waals surface area (Å²) in [5, 5.41) is 0. The van der Waals surface area contributed by atoms with Gasteiger partial charge < -0.3 is 9.64 Å². The van der Waals surface area contributed by atoms with E-state index in [4.69, 9.17) is 4.74 Å². The second kappa shape index (κ2) is 9.15. The summed E-state index contributed by atoms with van der Waals surface area (Å²) in [4.78, 5) is 2.53. The molecule has 2 saturated carbocycles. The van der Waals surface area contributed by atoms with Gasteiger partial charge in [0.1, 0.15) is 11.9 Å². The minimum absolute atomic E-state index is 0.455. The Kier molecular flexibility index (Phi) is 6.40. The van der Waals surface area contributed by atoms with Crippen molar-refractivity contribution < 1.29 is 4.74 Å². The first-order valence-electron chi connectivity index (χ1n) is 11.4. The highest BCUT2D eigenvalue weighted by Gasteiger charge is 2.33. The molecule has 0 aromatic heterocycles. The molecule has 144 valence electrons. The summed E-state index contributed by atoms with van der Waals surface area (Å²) in [6.07, 6.45) is 18.5. The molecule has 0 N–H and O–H groups in total. The molecule has 1 saturated heterocycles. The van der Waals surface area contributed by atoms with Gasteiger partial charge in [0.05, 0.1) is 0 Å². The highest BCUT2D eigenvalue weighted by atomic mass is 16.5. The Morgan fingerprint density at radius 3 is 1.69 bits per heavy atom. The van der Waals surface area contributed by atoms with Gasteiger partial charge in [0.2, 0.25) is 0 Å². The molecule has 0 atom stereocenters. The van der Waals surface area contributed by atoms with Crippen LogP contribution in [0.5, 0.6) is 5.75 Å². The molecule has 3 aliphatic rings. The SMILES string of the molecule is c1cc(N2CCCCC2)ccc1OC(C1CCCCC1)C1CCCCC1. The molecule has 4 rings (SSSR count). The lowest BCUT2D eigenvalue weighted by Gasteiger charge is -2.38. The summed E-state index contributed by atoms with van der Waals surface area (Å²) < 4.78 is 6.72. The summed E-state index contributed by atoms with van der Waals surface area (Å²) in [6, 6.07) is 9.06. The number of piperidine rings is 1. The van der Waals surface area contributed by atoms with E-state index in [1.54, 1.807) is 0 Å². The van der Waals surface area contributed by atoms with Gasteiger partial charge in [-0.05, 0) is 81.0 Å². The second-order valence-electron chi connectivity index (χ2n) is 8.92. The third-order valence-electron chi connectivity index (χ3n) is 7.06. The molecule has 0 spiro atoms. The third kappa shape index (κ3) is 4.56. The van der Waals surface area contributed by atoms with Crippen LogP contribution < -0.4 is 9.64 Å². The first kappa shape index (κ1) is 18.2. The van der Waals surface area contributed by atoms with Gasteiger partial charge in [0.15, 0.2) is 0 Å². The smallest absolute Gasteiger partial charge is 0.119 e. The minimum Gasteiger partial charge on any atom is -0.490 e. The van der Waals surface area contributed by atoms with Gasteiger partial charge in [-0.3, -0.25) is 0 Å². The zero-order valence-electron chi connectivity index (χ0n) is 16.5. The molecule has 0 radical (unpaired) electrons. The van der Waals surface area contributed by atoms with Gasteiger partial charge in [-0.15, -0.1) is 0 Å². The van der Waals surface area contributed by atoms with E-state index in [2.05, 4.69) is 29.2 Å². The van der Waals surface area contributed by atoms with Crippen LogP contribution in [0.3, 0.4) is 0 Å². The fourth-order valence-electron chi connectivity index (χ4n) is 5.55. The van der Waals surface area contributed by atoms with Crippen molar-refractivity contribution in [1.29, 1.82) is 0 Å². The van der Waals surface area contributed by atoms with Crippen molar-refractivity contribution in [3.63, 3.8) is 0 Å². The highest BCUT2D eigenvalue weighted by molar-refractivity contribution is 5.49. The van der Waals surface area contributed by atoms with Gasteiger partial charge in [-0.2, -0.15) is 0 Å². The molecule has 0 bridgehead atoms. The van der Waals surface area contributed by atoms with Gasteiger partial charge >= 0.3 is 0 Å². The first-order chi connectivity index (χ1) is 12.9. The molecule has 1 aromatic rings. The number of benzene rings is 1. The lowest BCUT2D eigenvalue weighted by atomic mass is 9.75. The number of hydrogen-bond donors (Lipinski definition) is 0. The van der Waals surface area contributed by atoms with Crippen LogP contribution in [0, 0.1) is 11.8 Å². The standard InChI is InChI=1S/C24H37NO/c1-4-10-20(11-5-1)24(21-12-6-2-7-13-21)26-23-16-14-22(15-17-23)25-18-8-3-9-19-25/h14-17,20-21,24H,1-13,18-19H2. The fraction of sp³-hybridized carbons (Fsp3) is 0.750. The molecule has 2 heteroatoms. The Morgan fingerprint density at radius 2 is 1.15 bits per heavy atom. The molecule has 1 heterocycles. The van der Waals surface area contributed by atoms with E-state index in [1.165, 1.54) is 102 Å². The maximum atomic E-state index is 6.72. The van der Waals surface area contributed by atoms with Crippen molar-refractivity contribution in [2.45, 2.75) is 89.6 Å². The summed E-state index contributed by atoms with van der Waals surface area (Å²) in [7, 11) is 0. The number of anilines is 1. The molecule has 3 fully saturated rings. The van der Waals surface area contributed by atoms with Crippen LogP contribution in [-0.4, -0.2) is 19.2 Å². The average molecular weight is 356 g/mol. The van der Waals surface area contributed by atoms with Crippen LogP contribution in [0.1, 0.15) is 83.5 Å². The molecular weight excluding hydrogens is 318 g/mol. The van der Waals surface area contributed by atoms with Gasteiger partial charge in [0, 0.05) is 18.8 Å². The van der Waals surface area contributed by atoms with E-state index >= 15 is 0 Å². The topological polar surface area (TPSA) is 12.5 Å². The zero-order valence-corrected chi connectivity index (χ0v) is 16.5. The second-order valence-corrected chi connectivity index (χ2v) is 8.92. The van der Waals surface area contributed by atoms with Crippen molar-refractivity contribution in [3.8, 4) is 5.75 Å². The van der Waals surface area contributed by atoms with Crippen molar-refractivity contribution in [2.24, 2.45) is 11.8 Å². The summed E-state index contributed by atoms with van der Waals surface area (Å²) in [5.41, 5.74) is 1.38. The van der Waals surface area contributed by atoms with E-state index in [0.29, 0.717) is 6.10 Å². The quantitative estimate of drug-likeness (QED) is 0.591. The van der Waals surface area contributed by atoms with E-state index < -0.39 is 0 Å². The fourth-order valence-corrected chi connectivity index (χ4v) is 5.55. The maximum absolute atomic E-state index is 6.72. The molecule has 1 aromatic carbocycles. The molecular formula is C24H37NO. The molecule has 0 unspecified atom stereocenters. The van der Waals surface area contributed by atoms with Gasteiger partial charge in [0.25, 0.3) is 0 Å². The van der Waals surface area contributed by atoms with Crippen LogP contribution >= 0.6 is 0 Å². The van der Waals surface area contributed by atoms with E-state index in [-0.39, 0.29) is 0 Å². The third-order valence-corrected chi connectivity index (χ3v) is 7.06. The van der Waals surface area contributed by atoms with Gasteiger partial charge in [-0.25, -0.2) is 0 Å². The summed E-state index contributed by atoms with van der Waals surface area (Å²) in [6.45, 7) is 2.43. The first-order valence-corrected chi connectivity index (χ1v) is 11.4. The van der Waals surface area contributed by atoms with E-state index in [1.807, 2.05) is 0 Å². The monoisotopic (exact) mass is 355 g/mol. The Balaban J connectivity index is 1.43. The van der Waals surface area contributed by atoms with Crippen molar-refractivity contribution in [2.75, 3.05) is 18.0 Å². The van der Waals surface area contributed by atoms with Crippen molar-refractivity contribution >= 4 is 5.69 Å². The minimum atomic E-state index is 0.455. The van der Waals surface area contributed by atoms with Crippen molar-refractivity contribution in [3.05, 3.63) is 24.3 Å². The lowest BCUT2D eigenvalue weighted by molar-refractivity contribution is 0.0390. The normalized spacial score (nSPS) is 23.3. The molecule has 2 nitrogen and oxygen atoms in total. The Hall–Kier alpha value is -1.18. The van der Waals surface area contributed by atoms with Crippen LogP contribution in [0.4, 0.5) is 5.69 Å². The number of ether oxygens (including phenoxy) is 1. The van der Waals surface area contributed by atoms with Crippen molar-refractivity contribution in [1.82, 2.24) is 0 Å². The summed E-state index contributed by atoms with van der Waals surface area (Å²) in [5.74, 6) is 2.68. The highest BCUT2D eigenvalue weighted by Crippen LogP contribution is 2.38. The summed E-state index contributed by atoms with van der Waals surface area (Å²) >= 11 is 0. The predicted molar refractivity (Wildman–Crippen MR) is 110 cm³/mol. The van der Waals surface area contributed by atoms with Crippen LogP contribution in [0.15, 0.2) is 24.3 Å². The zero-order chi connectivity index (χ0) is 17.6. The Morgan fingerprint density at radius 1 is 0.654 bits per heavy atom. The number of nitrogens with zero attached hydrogens (tertiary/aromatic N) is 1. The molecule has 1 aliphatic heterocycles. The van der Waals surface area contributed by atoms with Gasteiger partial charge in [-0.1, -0.05) is 38.5 Å². The lowest BCUT2D eigenvalue weighted by Crippen LogP contribution is -2.37. The molecule has 26 heavy (non-hydrogen) atoms. The van der Waals surface area contributed by atoms with Crippen LogP contribution in [0.25, 0.3) is 0 Å². The van der Waals surface area contributed by atoms with E-state index in [9.17, 15) is 0 Å². The number of hydrogen-bond acceptors (Lipinski definition) is 2. The molecule has 0 amide bonds.